The lowest BCUT2D eigenvalue weighted by Gasteiger charge is -2.12. The molecule has 0 saturated carbocycles. The standard InChI is InChI=1S/C30H26O4/c1-33-28-16-17-29(25(20-28)19-26(31)18-22-8-4-2-5-9-22)30(32)24-12-14-27(15-13-24)34-21-23-10-6-3-7-11-23/h2-17,20H,18-19,21H2,1H3. The summed E-state index contributed by atoms with van der Waals surface area (Å²) in [7, 11) is 1.57. The van der Waals surface area contributed by atoms with Crippen LogP contribution < -0.4 is 9.47 Å². The molecule has 0 heterocycles. The summed E-state index contributed by atoms with van der Waals surface area (Å²) < 4.78 is 11.2. The number of carbonyl (C=O) groups is 2. The van der Waals surface area contributed by atoms with Gasteiger partial charge in [-0.05, 0) is 59.2 Å². The van der Waals surface area contributed by atoms with Crippen LogP contribution in [0.5, 0.6) is 11.5 Å². The van der Waals surface area contributed by atoms with Crippen molar-refractivity contribution in [3.63, 3.8) is 0 Å². The zero-order valence-electron chi connectivity index (χ0n) is 19.1. The molecule has 0 spiro atoms. The number of hydrogen-bond donors (Lipinski definition) is 0. The predicted octanol–water partition coefficient (Wildman–Crippen LogP) is 5.86. The van der Waals surface area contributed by atoms with E-state index in [1.807, 2.05) is 60.7 Å². The molecule has 0 aliphatic heterocycles. The Morgan fingerprint density at radius 1 is 0.676 bits per heavy atom. The first-order chi connectivity index (χ1) is 16.6. The van der Waals surface area contributed by atoms with Crippen molar-refractivity contribution in [3.05, 3.63) is 131 Å². The van der Waals surface area contributed by atoms with Gasteiger partial charge in [-0.2, -0.15) is 0 Å². The van der Waals surface area contributed by atoms with Gasteiger partial charge in [0.1, 0.15) is 23.9 Å². The van der Waals surface area contributed by atoms with Crippen LogP contribution in [0, 0.1) is 0 Å². The summed E-state index contributed by atoms with van der Waals surface area (Å²) in [6, 6.07) is 31.8. The Balaban J connectivity index is 1.49. The maximum Gasteiger partial charge on any atom is 0.193 e. The first-order valence-corrected chi connectivity index (χ1v) is 11.2. The van der Waals surface area contributed by atoms with Gasteiger partial charge in [-0.15, -0.1) is 0 Å². The Morgan fingerprint density at radius 2 is 1.29 bits per heavy atom. The highest BCUT2D eigenvalue weighted by Gasteiger charge is 2.17. The fourth-order valence-corrected chi connectivity index (χ4v) is 3.76. The van der Waals surface area contributed by atoms with Crippen molar-refractivity contribution in [2.24, 2.45) is 0 Å². The Bertz CT molecular complexity index is 1250. The molecule has 0 radical (unpaired) electrons. The SMILES string of the molecule is COc1ccc(C(=O)c2ccc(OCc3ccccc3)cc2)c(CC(=O)Cc2ccccc2)c1. The number of rotatable bonds is 10. The van der Waals surface area contributed by atoms with Crippen molar-refractivity contribution in [2.75, 3.05) is 7.11 Å². The lowest BCUT2D eigenvalue weighted by atomic mass is 9.93. The van der Waals surface area contributed by atoms with Gasteiger partial charge in [-0.1, -0.05) is 60.7 Å². The minimum absolute atomic E-state index is 0.0400. The molecule has 34 heavy (non-hydrogen) atoms. The molecule has 0 aromatic heterocycles. The van der Waals surface area contributed by atoms with E-state index in [4.69, 9.17) is 9.47 Å². The monoisotopic (exact) mass is 450 g/mol. The molecule has 4 nitrogen and oxygen atoms in total. The molecule has 4 heteroatoms. The summed E-state index contributed by atoms with van der Waals surface area (Å²) in [6.45, 7) is 0.459. The van der Waals surface area contributed by atoms with Crippen molar-refractivity contribution in [1.82, 2.24) is 0 Å². The number of benzene rings is 4. The van der Waals surface area contributed by atoms with Crippen molar-refractivity contribution in [1.29, 1.82) is 0 Å². The Morgan fingerprint density at radius 3 is 1.94 bits per heavy atom. The van der Waals surface area contributed by atoms with Gasteiger partial charge in [0, 0.05) is 24.0 Å². The molecule has 0 fully saturated rings. The van der Waals surface area contributed by atoms with E-state index in [0.717, 1.165) is 11.1 Å². The Labute approximate surface area is 199 Å². The van der Waals surface area contributed by atoms with Crippen molar-refractivity contribution >= 4 is 11.6 Å². The molecule has 4 aromatic carbocycles. The lowest BCUT2D eigenvalue weighted by molar-refractivity contribution is -0.117. The molecular formula is C30H26O4. The van der Waals surface area contributed by atoms with Gasteiger partial charge >= 0.3 is 0 Å². The van der Waals surface area contributed by atoms with Crippen LogP contribution in [-0.4, -0.2) is 18.7 Å². The van der Waals surface area contributed by atoms with Crippen LogP contribution in [0.1, 0.15) is 32.6 Å². The molecule has 0 saturated heterocycles. The van der Waals surface area contributed by atoms with Gasteiger partial charge in [0.2, 0.25) is 0 Å². The number of methoxy groups -OCH3 is 1. The Kier molecular flexibility index (Phi) is 7.51. The van der Waals surface area contributed by atoms with Crippen molar-refractivity contribution in [3.8, 4) is 11.5 Å². The van der Waals surface area contributed by atoms with Crippen LogP contribution in [0.4, 0.5) is 0 Å². The fourth-order valence-electron chi connectivity index (χ4n) is 3.76. The maximum atomic E-state index is 13.3. The highest BCUT2D eigenvalue weighted by molar-refractivity contribution is 6.10. The molecule has 4 rings (SSSR count). The molecule has 0 amide bonds. The summed E-state index contributed by atoms with van der Waals surface area (Å²) in [5.74, 6) is 1.20. The van der Waals surface area contributed by atoms with Crippen LogP contribution >= 0.6 is 0 Å². The van der Waals surface area contributed by atoms with Crippen molar-refractivity contribution < 1.29 is 19.1 Å². The van der Waals surface area contributed by atoms with Gasteiger partial charge in [0.25, 0.3) is 0 Å². The van der Waals surface area contributed by atoms with Gasteiger partial charge in [-0.25, -0.2) is 0 Å². The number of Topliss-reactive ketones (excluding diaryl/α,β-unsaturated/α-hetero) is 1. The zero-order valence-corrected chi connectivity index (χ0v) is 19.1. The third-order valence-electron chi connectivity index (χ3n) is 5.55. The van der Waals surface area contributed by atoms with Crippen molar-refractivity contribution in [2.45, 2.75) is 19.4 Å². The van der Waals surface area contributed by atoms with Crippen LogP contribution in [0.25, 0.3) is 0 Å². The number of ketones is 2. The average Bonchev–Trinajstić information content (AvgIpc) is 2.88. The average molecular weight is 451 g/mol. The highest BCUT2D eigenvalue weighted by atomic mass is 16.5. The summed E-state index contributed by atoms with van der Waals surface area (Å²) in [4.78, 5) is 26.1. The summed E-state index contributed by atoms with van der Waals surface area (Å²) >= 11 is 0. The first-order valence-electron chi connectivity index (χ1n) is 11.2. The zero-order chi connectivity index (χ0) is 23.8. The largest absolute Gasteiger partial charge is 0.497 e. The van der Waals surface area contributed by atoms with E-state index in [2.05, 4.69) is 0 Å². The maximum absolute atomic E-state index is 13.3. The van der Waals surface area contributed by atoms with Gasteiger partial charge in [0.15, 0.2) is 5.78 Å². The molecular weight excluding hydrogens is 424 g/mol. The van der Waals surface area contributed by atoms with Crippen LogP contribution in [0.2, 0.25) is 0 Å². The number of hydrogen-bond acceptors (Lipinski definition) is 4. The topological polar surface area (TPSA) is 52.6 Å². The van der Waals surface area contributed by atoms with Crippen LogP contribution in [0.15, 0.2) is 103 Å². The van der Waals surface area contributed by atoms with Gasteiger partial charge < -0.3 is 9.47 Å². The van der Waals surface area contributed by atoms with Gasteiger partial charge in [-0.3, -0.25) is 9.59 Å². The fraction of sp³-hybridized carbons (Fsp3) is 0.133. The van der Waals surface area contributed by atoms with Crippen LogP contribution in [0.3, 0.4) is 0 Å². The molecule has 170 valence electrons. The van der Waals surface area contributed by atoms with E-state index in [9.17, 15) is 9.59 Å². The summed E-state index contributed by atoms with van der Waals surface area (Å²) in [5.41, 5.74) is 3.73. The summed E-state index contributed by atoms with van der Waals surface area (Å²) in [5, 5.41) is 0. The minimum atomic E-state index is -0.139. The third kappa shape index (κ3) is 5.99. The van der Waals surface area contributed by atoms with E-state index >= 15 is 0 Å². The summed E-state index contributed by atoms with van der Waals surface area (Å²) in [6.07, 6.45) is 0.477. The molecule has 0 aliphatic carbocycles. The first kappa shape index (κ1) is 23.0. The third-order valence-corrected chi connectivity index (χ3v) is 5.55. The van der Waals surface area contributed by atoms with Crippen LogP contribution in [-0.2, 0) is 24.2 Å². The van der Waals surface area contributed by atoms with E-state index in [1.165, 1.54) is 0 Å². The molecule has 0 unspecified atom stereocenters. The number of carbonyl (C=O) groups excluding carboxylic acids is 2. The van der Waals surface area contributed by atoms with Gasteiger partial charge in [0.05, 0.1) is 7.11 Å². The van der Waals surface area contributed by atoms with E-state index < -0.39 is 0 Å². The minimum Gasteiger partial charge on any atom is -0.497 e. The molecule has 4 aromatic rings. The lowest BCUT2D eigenvalue weighted by Crippen LogP contribution is -2.12. The predicted molar refractivity (Wildman–Crippen MR) is 132 cm³/mol. The second-order valence-electron chi connectivity index (χ2n) is 8.03. The normalized spacial score (nSPS) is 10.5. The molecule has 0 bridgehead atoms. The second kappa shape index (κ2) is 11.1. The molecule has 0 aliphatic rings. The smallest absolute Gasteiger partial charge is 0.193 e. The molecule has 0 atom stereocenters. The highest BCUT2D eigenvalue weighted by Crippen LogP contribution is 2.23. The number of ether oxygens (including phenoxy) is 2. The Hall–Kier alpha value is -4.18. The van der Waals surface area contributed by atoms with E-state index in [1.54, 1.807) is 49.6 Å². The van der Waals surface area contributed by atoms with E-state index in [0.29, 0.717) is 41.2 Å². The van der Waals surface area contributed by atoms with E-state index in [-0.39, 0.29) is 18.0 Å². The second-order valence-corrected chi connectivity index (χ2v) is 8.03. The molecule has 0 N–H and O–H groups in total. The quantitative estimate of drug-likeness (QED) is 0.284.